The molecule has 118 valence electrons. The number of hydrogen-bond acceptors (Lipinski definition) is 1. The van der Waals surface area contributed by atoms with Crippen LogP contribution in [0.25, 0.3) is 0 Å². The Balaban J connectivity index is 2.04. The van der Waals surface area contributed by atoms with Crippen LogP contribution in [0.5, 0.6) is 0 Å². The van der Waals surface area contributed by atoms with Crippen LogP contribution in [0.3, 0.4) is 0 Å². The van der Waals surface area contributed by atoms with Gasteiger partial charge in [0.25, 0.3) is 0 Å². The minimum atomic E-state index is -4.36. The highest BCUT2D eigenvalue weighted by molar-refractivity contribution is 5.28. The minimum absolute atomic E-state index is 0.167. The van der Waals surface area contributed by atoms with Gasteiger partial charge in [0.05, 0.1) is 5.56 Å². The summed E-state index contributed by atoms with van der Waals surface area (Å²) in [5.41, 5.74) is 0.366. The van der Waals surface area contributed by atoms with E-state index in [0.29, 0.717) is 0 Å². The van der Waals surface area contributed by atoms with Crippen LogP contribution in [-0.2, 0) is 12.7 Å². The van der Waals surface area contributed by atoms with E-state index in [-0.39, 0.29) is 18.2 Å². The third kappa shape index (κ3) is 4.08. The zero-order valence-corrected chi connectivity index (χ0v) is 12.2. The number of rotatable bonds is 5. The molecule has 0 amide bonds. The Bertz CT molecular complexity index is 598. The van der Waals surface area contributed by atoms with Gasteiger partial charge in [0.15, 0.2) is 0 Å². The topological polar surface area (TPSA) is 36.8 Å². The summed E-state index contributed by atoms with van der Waals surface area (Å²) in [6, 6.07) is 14.4. The summed E-state index contributed by atoms with van der Waals surface area (Å²) in [6.45, 7) is 1.97. The predicted octanol–water partition coefficient (Wildman–Crippen LogP) is 2.89. The van der Waals surface area contributed by atoms with Gasteiger partial charge in [0.1, 0.15) is 18.7 Å². The molecule has 2 aromatic carbocycles. The van der Waals surface area contributed by atoms with Crippen LogP contribution in [0.1, 0.15) is 29.7 Å². The van der Waals surface area contributed by atoms with Crippen molar-refractivity contribution in [1.29, 1.82) is 0 Å². The van der Waals surface area contributed by atoms with E-state index < -0.39 is 17.8 Å². The Morgan fingerprint density at radius 3 is 2.23 bits per heavy atom. The van der Waals surface area contributed by atoms with Crippen LogP contribution in [0.4, 0.5) is 13.2 Å². The largest absolute Gasteiger partial charge is 0.416 e. The number of alkyl halides is 3. The van der Waals surface area contributed by atoms with Crippen LogP contribution >= 0.6 is 0 Å². The molecule has 0 fully saturated rings. The van der Waals surface area contributed by atoms with Crippen LogP contribution in [-0.4, -0.2) is 11.1 Å². The number of benzene rings is 2. The van der Waals surface area contributed by atoms with Gasteiger partial charge in [-0.15, -0.1) is 0 Å². The van der Waals surface area contributed by atoms with Gasteiger partial charge in [0, 0.05) is 5.56 Å². The summed E-state index contributed by atoms with van der Waals surface area (Å²) >= 11 is 0. The molecule has 22 heavy (non-hydrogen) atoms. The van der Waals surface area contributed by atoms with E-state index in [1.165, 1.54) is 12.1 Å². The van der Waals surface area contributed by atoms with Gasteiger partial charge in [-0.2, -0.15) is 13.2 Å². The van der Waals surface area contributed by atoms with E-state index in [2.05, 4.69) is 0 Å². The third-order valence-corrected chi connectivity index (χ3v) is 3.67. The van der Waals surface area contributed by atoms with Crippen molar-refractivity contribution in [2.24, 2.45) is 0 Å². The number of aliphatic hydroxyl groups excluding tert-OH is 1. The van der Waals surface area contributed by atoms with Crippen molar-refractivity contribution >= 4 is 0 Å². The lowest BCUT2D eigenvalue weighted by molar-refractivity contribution is -0.709. The van der Waals surface area contributed by atoms with Crippen molar-refractivity contribution in [3.8, 4) is 0 Å². The zero-order valence-electron chi connectivity index (χ0n) is 12.2. The molecule has 0 unspecified atom stereocenters. The van der Waals surface area contributed by atoms with Crippen molar-refractivity contribution in [2.75, 3.05) is 0 Å². The molecular formula is C17H19F3NO+. The molecule has 2 rings (SSSR count). The van der Waals surface area contributed by atoms with Crippen molar-refractivity contribution in [2.45, 2.75) is 31.8 Å². The molecule has 0 saturated heterocycles. The Labute approximate surface area is 127 Å². The zero-order chi connectivity index (χ0) is 16.2. The maximum Gasteiger partial charge on any atom is 0.416 e. The van der Waals surface area contributed by atoms with E-state index in [1.807, 2.05) is 18.2 Å². The summed E-state index contributed by atoms with van der Waals surface area (Å²) in [4.78, 5) is 0. The van der Waals surface area contributed by atoms with Gasteiger partial charge in [0.2, 0.25) is 0 Å². The van der Waals surface area contributed by atoms with Gasteiger partial charge < -0.3 is 10.4 Å². The van der Waals surface area contributed by atoms with Gasteiger partial charge in [-0.05, 0) is 18.6 Å². The standard InChI is InChI=1S/C17H18F3NO/c1-12(16(22)13-7-3-2-4-8-13)21-11-14-9-5-6-10-15(14)17(18,19)20/h2-10,12,16,21-22H,11H2,1H3/p+1/t12-,16+/m1/s1. The number of halogens is 3. The molecule has 3 N–H and O–H groups in total. The molecule has 0 aliphatic rings. The lowest BCUT2D eigenvalue weighted by Crippen LogP contribution is -2.89. The molecule has 0 saturated carbocycles. The molecule has 0 radical (unpaired) electrons. The number of hydrogen-bond donors (Lipinski definition) is 2. The Morgan fingerprint density at radius 2 is 1.59 bits per heavy atom. The van der Waals surface area contributed by atoms with Crippen molar-refractivity contribution < 1.29 is 23.6 Å². The van der Waals surface area contributed by atoms with E-state index in [1.54, 1.807) is 30.4 Å². The third-order valence-electron chi connectivity index (χ3n) is 3.67. The quantitative estimate of drug-likeness (QED) is 0.875. The highest BCUT2D eigenvalue weighted by atomic mass is 19.4. The minimum Gasteiger partial charge on any atom is -0.382 e. The molecule has 5 heteroatoms. The second-order valence-electron chi connectivity index (χ2n) is 5.31. The summed E-state index contributed by atoms with van der Waals surface area (Å²) in [5, 5.41) is 12.0. The molecule has 0 heterocycles. The average Bonchev–Trinajstić information content (AvgIpc) is 2.52. The normalized spacial score (nSPS) is 14.6. The SMILES string of the molecule is C[C@@H]([NH2+]Cc1ccccc1C(F)(F)F)[C@H](O)c1ccccc1. The van der Waals surface area contributed by atoms with Crippen LogP contribution < -0.4 is 5.32 Å². The lowest BCUT2D eigenvalue weighted by Gasteiger charge is -2.19. The van der Waals surface area contributed by atoms with Gasteiger partial charge in [-0.3, -0.25) is 0 Å². The van der Waals surface area contributed by atoms with Crippen molar-refractivity contribution in [3.63, 3.8) is 0 Å². The van der Waals surface area contributed by atoms with E-state index >= 15 is 0 Å². The Kier molecular flexibility index (Phi) is 5.21. The van der Waals surface area contributed by atoms with Gasteiger partial charge in [-0.25, -0.2) is 0 Å². The smallest absolute Gasteiger partial charge is 0.382 e. The van der Waals surface area contributed by atoms with Crippen LogP contribution in [0.2, 0.25) is 0 Å². The molecule has 0 aromatic heterocycles. The summed E-state index contributed by atoms with van der Waals surface area (Å²) < 4.78 is 38.8. The monoisotopic (exact) mass is 310 g/mol. The first kappa shape index (κ1) is 16.5. The first-order valence-corrected chi connectivity index (χ1v) is 7.11. The van der Waals surface area contributed by atoms with E-state index in [4.69, 9.17) is 0 Å². The fourth-order valence-electron chi connectivity index (χ4n) is 2.37. The molecular weight excluding hydrogens is 291 g/mol. The Morgan fingerprint density at radius 1 is 1.00 bits per heavy atom. The first-order chi connectivity index (χ1) is 10.4. The molecule has 2 atom stereocenters. The second kappa shape index (κ2) is 6.94. The average molecular weight is 310 g/mol. The Hall–Kier alpha value is -1.85. The molecule has 0 bridgehead atoms. The first-order valence-electron chi connectivity index (χ1n) is 7.11. The summed E-state index contributed by atoms with van der Waals surface area (Å²) in [7, 11) is 0. The number of quaternary nitrogens is 1. The maximum absolute atomic E-state index is 12.9. The summed E-state index contributed by atoms with van der Waals surface area (Å²) in [5.74, 6) is 0. The van der Waals surface area contributed by atoms with Gasteiger partial charge >= 0.3 is 6.18 Å². The highest BCUT2D eigenvalue weighted by Crippen LogP contribution is 2.31. The van der Waals surface area contributed by atoms with E-state index in [9.17, 15) is 18.3 Å². The van der Waals surface area contributed by atoms with Crippen LogP contribution in [0.15, 0.2) is 54.6 Å². The molecule has 0 aliphatic heterocycles. The lowest BCUT2D eigenvalue weighted by atomic mass is 10.0. The van der Waals surface area contributed by atoms with Gasteiger partial charge in [-0.1, -0.05) is 48.5 Å². The molecule has 2 nitrogen and oxygen atoms in total. The molecule has 0 aliphatic carbocycles. The predicted molar refractivity (Wildman–Crippen MR) is 77.9 cm³/mol. The number of nitrogens with two attached hydrogens (primary N) is 1. The summed E-state index contributed by atoms with van der Waals surface area (Å²) in [6.07, 6.45) is -5.08. The molecule has 2 aromatic rings. The fourth-order valence-corrected chi connectivity index (χ4v) is 2.37. The number of aliphatic hydroxyl groups is 1. The highest BCUT2D eigenvalue weighted by Gasteiger charge is 2.33. The second-order valence-corrected chi connectivity index (χ2v) is 5.31. The van der Waals surface area contributed by atoms with Crippen LogP contribution in [0, 0.1) is 0 Å². The van der Waals surface area contributed by atoms with E-state index in [0.717, 1.165) is 11.6 Å². The maximum atomic E-state index is 12.9. The van der Waals surface area contributed by atoms with Crippen molar-refractivity contribution in [1.82, 2.24) is 0 Å². The van der Waals surface area contributed by atoms with Crippen molar-refractivity contribution in [3.05, 3.63) is 71.3 Å². The fraction of sp³-hybridized carbons (Fsp3) is 0.294. The molecule has 0 spiro atoms.